The lowest BCUT2D eigenvalue weighted by molar-refractivity contribution is -0.116. The second kappa shape index (κ2) is 6.85. The van der Waals surface area contributed by atoms with Gasteiger partial charge in [0.05, 0.1) is 12.7 Å². The highest BCUT2D eigenvalue weighted by Crippen LogP contribution is 1.84. The van der Waals surface area contributed by atoms with Crippen molar-refractivity contribution in [2.75, 3.05) is 13.2 Å². The van der Waals surface area contributed by atoms with Crippen molar-refractivity contribution >= 4 is 5.91 Å². The van der Waals surface area contributed by atoms with Gasteiger partial charge < -0.3 is 10.1 Å². The number of carbonyl (C=O) groups excluding carboxylic acids is 1. The highest BCUT2D eigenvalue weighted by Gasteiger charge is 1.94. The monoisotopic (exact) mass is 171 g/mol. The van der Waals surface area contributed by atoms with Crippen LogP contribution in [0.4, 0.5) is 0 Å². The molecule has 0 aromatic heterocycles. The molecule has 0 unspecified atom stereocenters. The molecule has 0 saturated carbocycles. The van der Waals surface area contributed by atoms with Gasteiger partial charge in [0.15, 0.2) is 0 Å². The van der Waals surface area contributed by atoms with E-state index in [2.05, 4.69) is 5.32 Å². The summed E-state index contributed by atoms with van der Waals surface area (Å²) in [6.07, 6.45) is 3.43. The average molecular weight is 171 g/mol. The Morgan fingerprint density at radius 2 is 2.25 bits per heavy atom. The van der Waals surface area contributed by atoms with Crippen LogP contribution in [0.15, 0.2) is 12.2 Å². The summed E-state index contributed by atoms with van der Waals surface area (Å²) in [5.41, 5.74) is 0. The molecule has 0 radical (unpaired) electrons. The van der Waals surface area contributed by atoms with Gasteiger partial charge in [0.1, 0.15) is 0 Å². The summed E-state index contributed by atoms with van der Waals surface area (Å²) in [4.78, 5) is 10.8. The number of rotatable bonds is 5. The second-order valence-electron chi connectivity index (χ2n) is 2.71. The average Bonchev–Trinajstić information content (AvgIpc) is 1.98. The van der Waals surface area contributed by atoms with Gasteiger partial charge in [-0.15, -0.1) is 0 Å². The minimum absolute atomic E-state index is 0.0649. The Hall–Kier alpha value is -0.830. The highest BCUT2D eigenvalue weighted by atomic mass is 16.5. The number of allylic oxidation sites excluding steroid dienone is 1. The van der Waals surface area contributed by atoms with Gasteiger partial charge in [-0.2, -0.15) is 0 Å². The molecule has 0 aromatic carbocycles. The Kier molecular flexibility index (Phi) is 6.38. The molecule has 0 aromatic rings. The van der Waals surface area contributed by atoms with Gasteiger partial charge in [-0.05, 0) is 26.8 Å². The van der Waals surface area contributed by atoms with Gasteiger partial charge in [-0.25, -0.2) is 0 Å². The molecule has 1 amide bonds. The Labute approximate surface area is 73.8 Å². The van der Waals surface area contributed by atoms with Crippen molar-refractivity contribution in [3.63, 3.8) is 0 Å². The number of ether oxygens (including phenoxy) is 1. The van der Waals surface area contributed by atoms with Crippen LogP contribution in [0.2, 0.25) is 0 Å². The molecule has 12 heavy (non-hydrogen) atoms. The molecule has 3 nitrogen and oxygen atoms in total. The Morgan fingerprint density at radius 1 is 1.58 bits per heavy atom. The van der Waals surface area contributed by atoms with E-state index >= 15 is 0 Å². The van der Waals surface area contributed by atoms with E-state index in [-0.39, 0.29) is 12.0 Å². The summed E-state index contributed by atoms with van der Waals surface area (Å²) < 4.78 is 5.23. The van der Waals surface area contributed by atoms with Crippen LogP contribution in [0.3, 0.4) is 0 Å². The third kappa shape index (κ3) is 7.28. The van der Waals surface area contributed by atoms with Crippen molar-refractivity contribution in [1.82, 2.24) is 5.32 Å². The zero-order valence-corrected chi connectivity index (χ0v) is 7.96. The van der Waals surface area contributed by atoms with E-state index in [0.717, 1.165) is 0 Å². The lowest BCUT2D eigenvalue weighted by Crippen LogP contribution is -2.26. The standard InChI is InChI=1S/C9H17NO2/c1-4-5-9(11)10-6-7-12-8(2)3/h4-5,8H,6-7H2,1-3H3,(H,10,11)/b5-4+. The minimum Gasteiger partial charge on any atom is -0.377 e. The van der Waals surface area contributed by atoms with Crippen molar-refractivity contribution in [2.45, 2.75) is 26.9 Å². The van der Waals surface area contributed by atoms with E-state index in [1.54, 1.807) is 6.08 Å². The number of hydrogen-bond donors (Lipinski definition) is 1. The Bertz CT molecular complexity index is 153. The molecule has 0 spiro atoms. The predicted molar refractivity (Wildman–Crippen MR) is 48.9 cm³/mol. The fourth-order valence-corrected chi connectivity index (χ4v) is 0.679. The van der Waals surface area contributed by atoms with Crippen LogP contribution in [0, 0.1) is 0 Å². The molecule has 3 heteroatoms. The van der Waals surface area contributed by atoms with Crippen molar-refractivity contribution in [2.24, 2.45) is 0 Å². The molecular weight excluding hydrogens is 154 g/mol. The maximum Gasteiger partial charge on any atom is 0.243 e. The first-order chi connectivity index (χ1) is 5.66. The van der Waals surface area contributed by atoms with Gasteiger partial charge in [0.2, 0.25) is 5.91 Å². The summed E-state index contributed by atoms with van der Waals surface area (Å²) in [6.45, 7) is 6.88. The highest BCUT2D eigenvalue weighted by molar-refractivity contribution is 5.87. The summed E-state index contributed by atoms with van der Waals surface area (Å²) in [6, 6.07) is 0. The smallest absolute Gasteiger partial charge is 0.243 e. The van der Waals surface area contributed by atoms with Crippen molar-refractivity contribution < 1.29 is 9.53 Å². The topological polar surface area (TPSA) is 38.3 Å². The van der Waals surface area contributed by atoms with E-state index in [1.807, 2.05) is 20.8 Å². The number of hydrogen-bond acceptors (Lipinski definition) is 2. The normalized spacial score (nSPS) is 11.0. The zero-order valence-electron chi connectivity index (χ0n) is 7.96. The summed E-state index contributed by atoms with van der Waals surface area (Å²) in [5, 5.41) is 2.69. The quantitative estimate of drug-likeness (QED) is 0.497. The molecule has 0 rings (SSSR count). The number of carbonyl (C=O) groups is 1. The van der Waals surface area contributed by atoms with E-state index < -0.39 is 0 Å². The van der Waals surface area contributed by atoms with Crippen LogP contribution in [0.1, 0.15) is 20.8 Å². The fourth-order valence-electron chi connectivity index (χ4n) is 0.679. The molecule has 0 aliphatic rings. The van der Waals surface area contributed by atoms with Gasteiger partial charge in [-0.3, -0.25) is 4.79 Å². The van der Waals surface area contributed by atoms with Crippen LogP contribution in [-0.4, -0.2) is 25.2 Å². The minimum atomic E-state index is -0.0649. The Morgan fingerprint density at radius 3 is 2.75 bits per heavy atom. The van der Waals surface area contributed by atoms with Crippen molar-refractivity contribution in [3.8, 4) is 0 Å². The summed E-state index contributed by atoms with van der Waals surface area (Å²) >= 11 is 0. The van der Waals surface area contributed by atoms with E-state index in [9.17, 15) is 4.79 Å². The maximum atomic E-state index is 10.8. The molecule has 0 aliphatic carbocycles. The zero-order chi connectivity index (χ0) is 9.40. The molecule has 0 heterocycles. The molecule has 0 bridgehead atoms. The first kappa shape index (κ1) is 11.2. The lowest BCUT2D eigenvalue weighted by Gasteiger charge is -2.06. The van der Waals surface area contributed by atoms with Gasteiger partial charge in [0.25, 0.3) is 0 Å². The van der Waals surface area contributed by atoms with Gasteiger partial charge in [-0.1, -0.05) is 6.08 Å². The molecule has 0 saturated heterocycles. The van der Waals surface area contributed by atoms with Crippen LogP contribution < -0.4 is 5.32 Å². The first-order valence-corrected chi connectivity index (χ1v) is 4.19. The van der Waals surface area contributed by atoms with E-state index in [4.69, 9.17) is 4.74 Å². The second-order valence-corrected chi connectivity index (χ2v) is 2.71. The van der Waals surface area contributed by atoms with E-state index in [0.29, 0.717) is 13.2 Å². The summed E-state index contributed by atoms with van der Waals surface area (Å²) in [7, 11) is 0. The molecule has 1 N–H and O–H groups in total. The molecule has 0 fully saturated rings. The number of amides is 1. The first-order valence-electron chi connectivity index (χ1n) is 4.19. The van der Waals surface area contributed by atoms with Crippen molar-refractivity contribution in [1.29, 1.82) is 0 Å². The Balaban J connectivity index is 3.25. The SMILES string of the molecule is C/C=C/C(=O)NCCOC(C)C. The van der Waals surface area contributed by atoms with Crippen LogP contribution >= 0.6 is 0 Å². The van der Waals surface area contributed by atoms with E-state index in [1.165, 1.54) is 6.08 Å². The molecule has 0 atom stereocenters. The fraction of sp³-hybridized carbons (Fsp3) is 0.667. The molecule has 70 valence electrons. The third-order valence-electron chi connectivity index (χ3n) is 1.17. The lowest BCUT2D eigenvalue weighted by atomic mass is 10.4. The van der Waals surface area contributed by atoms with Crippen LogP contribution in [0.5, 0.6) is 0 Å². The summed E-state index contributed by atoms with van der Waals surface area (Å²) in [5.74, 6) is -0.0649. The van der Waals surface area contributed by atoms with Crippen molar-refractivity contribution in [3.05, 3.63) is 12.2 Å². The van der Waals surface area contributed by atoms with Gasteiger partial charge in [0, 0.05) is 6.54 Å². The van der Waals surface area contributed by atoms with Crippen LogP contribution in [0.25, 0.3) is 0 Å². The van der Waals surface area contributed by atoms with Crippen LogP contribution in [-0.2, 0) is 9.53 Å². The molecule has 0 aliphatic heterocycles. The largest absolute Gasteiger partial charge is 0.377 e. The number of nitrogens with one attached hydrogen (secondary N) is 1. The third-order valence-corrected chi connectivity index (χ3v) is 1.17. The predicted octanol–water partition coefficient (Wildman–Crippen LogP) is 1.10. The van der Waals surface area contributed by atoms with Gasteiger partial charge >= 0.3 is 0 Å². The molecular formula is C9H17NO2. The maximum absolute atomic E-state index is 10.8.